The summed E-state index contributed by atoms with van der Waals surface area (Å²) in [5, 5.41) is 13.1. The van der Waals surface area contributed by atoms with Crippen LogP contribution in [0.25, 0.3) is 0 Å². The van der Waals surface area contributed by atoms with Crippen LogP contribution in [0.4, 0.5) is 0 Å². The molecular weight excluding hydrogens is 236 g/mol. The quantitative estimate of drug-likeness (QED) is 0.864. The predicted octanol–water partition coefficient (Wildman–Crippen LogP) is 1.48. The van der Waals surface area contributed by atoms with E-state index in [1.807, 2.05) is 0 Å². The zero-order valence-electron chi connectivity index (χ0n) is 11.5. The molecule has 104 valence electrons. The van der Waals surface area contributed by atoms with E-state index < -0.39 is 0 Å². The lowest BCUT2D eigenvalue weighted by Crippen LogP contribution is -2.48. The summed E-state index contributed by atoms with van der Waals surface area (Å²) >= 11 is 0. The fourth-order valence-electron chi connectivity index (χ4n) is 3.83. The van der Waals surface area contributed by atoms with Crippen molar-refractivity contribution in [1.29, 1.82) is 0 Å². The van der Waals surface area contributed by atoms with E-state index in [-0.39, 0.29) is 0 Å². The zero-order valence-corrected chi connectivity index (χ0v) is 11.5. The lowest BCUT2D eigenvalue weighted by Gasteiger charge is -2.43. The Labute approximate surface area is 115 Å². The van der Waals surface area contributed by atoms with Crippen LogP contribution in [0.15, 0.2) is 30.3 Å². The van der Waals surface area contributed by atoms with Gasteiger partial charge in [0.2, 0.25) is 0 Å². The monoisotopic (exact) mass is 260 g/mol. The second kappa shape index (κ2) is 5.61. The smallest absolute Gasteiger partial charge is 0.0471 e. The summed E-state index contributed by atoms with van der Waals surface area (Å²) in [7, 11) is 0. The normalized spacial score (nSPS) is 31.9. The fourth-order valence-corrected chi connectivity index (χ4v) is 3.83. The van der Waals surface area contributed by atoms with Gasteiger partial charge in [-0.1, -0.05) is 30.3 Å². The molecule has 0 radical (unpaired) electrons. The molecule has 2 atom stereocenters. The second-order valence-corrected chi connectivity index (χ2v) is 6.33. The minimum atomic E-state index is 0.326. The van der Waals surface area contributed by atoms with Gasteiger partial charge in [-0.15, -0.1) is 0 Å². The van der Waals surface area contributed by atoms with E-state index in [1.165, 1.54) is 24.9 Å². The first-order valence-corrected chi connectivity index (χ1v) is 7.38. The Balaban J connectivity index is 1.70. The molecule has 1 spiro atoms. The Morgan fingerprint density at radius 1 is 1.32 bits per heavy atom. The second-order valence-electron chi connectivity index (χ2n) is 6.33. The van der Waals surface area contributed by atoms with Crippen LogP contribution >= 0.6 is 0 Å². The van der Waals surface area contributed by atoms with Crippen molar-refractivity contribution in [2.45, 2.75) is 19.4 Å². The summed E-state index contributed by atoms with van der Waals surface area (Å²) in [6, 6.07) is 10.7. The van der Waals surface area contributed by atoms with Crippen LogP contribution in [0.1, 0.15) is 18.4 Å². The number of aliphatic hydroxyl groups excluding tert-OH is 1. The zero-order chi connectivity index (χ0) is 13.1. The highest BCUT2D eigenvalue weighted by Crippen LogP contribution is 2.38. The number of benzene rings is 1. The minimum Gasteiger partial charge on any atom is -0.396 e. The molecule has 2 fully saturated rings. The molecule has 2 aliphatic heterocycles. The summed E-state index contributed by atoms with van der Waals surface area (Å²) in [6.45, 7) is 5.80. The van der Waals surface area contributed by atoms with Crippen molar-refractivity contribution in [2.24, 2.45) is 11.3 Å². The van der Waals surface area contributed by atoms with Gasteiger partial charge in [0.05, 0.1) is 0 Å². The maximum absolute atomic E-state index is 9.57. The van der Waals surface area contributed by atoms with Gasteiger partial charge < -0.3 is 10.4 Å². The Kier molecular flexibility index (Phi) is 3.87. The number of aliphatic hydroxyl groups is 1. The average Bonchev–Trinajstić information content (AvgIpc) is 2.87. The van der Waals surface area contributed by atoms with Crippen molar-refractivity contribution < 1.29 is 5.11 Å². The molecule has 0 unspecified atom stereocenters. The summed E-state index contributed by atoms with van der Waals surface area (Å²) in [4.78, 5) is 2.53. The first-order chi connectivity index (χ1) is 9.30. The van der Waals surface area contributed by atoms with Crippen molar-refractivity contribution in [3.05, 3.63) is 35.9 Å². The summed E-state index contributed by atoms with van der Waals surface area (Å²) in [5.41, 5.74) is 1.78. The van der Waals surface area contributed by atoms with Crippen molar-refractivity contribution in [3.8, 4) is 0 Å². The van der Waals surface area contributed by atoms with E-state index in [9.17, 15) is 5.11 Å². The van der Waals surface area contributed by atoms with Gasteiger partial charge in [0.15, 0.2) is 0 Å². The Morgan fingerprint density at radius 2 is 2.16 bits per heavy atom. The minimum absolute atomic E-state index is 0.326. The molecule has 0 amide bonds. The van der Waals surface area contributed by atoms with Crippen LogP contribution < -0.4 is 5.32 Å². The van der Waals surface area contributed by atoms with Gasteiger partial charge in [-0.3, -0.25) is 4.90 Å². The highest BCUT2D eigenvalue weighted by Gasteiger charge is 2.41. The predicted molar refractivity (Wildman–Crippen MR) is 76.8 cm³/mol. The third-order valence-corrected chi connectivity index (χ3v) is 4.64. The van der Waals surface area contributed by atoms with E-state index in [0.717, 1.165) is 26.2 Å². The Bertz CT molecular complexity index is 400. The number of likely N-dealkylation sites (tertiary alicyclic amines) is 1. The number of hydrogen-bond donors (Lipinski definition) is 2. The molecule has 2 saturated heterocycles. The first kappa shape index (κ1) is 13.1. The molecule has 3 rings (SSSR count). The molecule has 0 aliphatic carbocycles. The standard InChI is InChI=1S/C16H24N2O/c19-11-15-8-16(6-7-17-12-16)13-18(10-15)9-14-4-2-1-3-5-14/h1-5,15,17,19H,6-13H2/t15-,16-/m1/s1. The van der Waals surface area contributed by atoms with Gasteiger partial charge in [-0.05, 0) is 36.3 Å². The Morgan fingerprint density at radius 3 is 2.84 bits per heavy atom. The molecule has 2 N–H and O–H groups in total. The molecule has 19 heavy (non-hydrogen) atoms. The van der Waals surface area contributed by atoms with Crippen LogP contribution in [0.5, 0.6) is 0 Å². The van der Waals surface area contributed by atoms with Crippen LogP contribution in [-0.2, 0) is 6.54 Å². The SMILES string of the molecule is OC[C@H]1CN(Cc2ccccc2)C[C@]2(CCNC2)C1. The third kappa shape index (κ3) is 2.99. The van der Waals surface area contributed by atoms with Gasteiger partial charge >= 0.3 is 0 Å². The summed E-state index contributed by atoms with van der Waals surface area (Å²) in [5.74, 6) is 0.442. The molecule has 1 aromatic carbocycles. The lowest BCUT2D eigenvalue weighted by molar-refractivity contribution is 0.0306. The van der Waals surface area contributed by atoms with Gasteiger partial charge in [0.1, 0.15) is 0 Å². The van der Waals surface area contributed by atoms with Crippen molar-refractivity contribution in [2.75, 3.05) is 32.8 Å². The molecule has 3 heteroatoms. The van der Waals surface area contributed by atoms with E-state index in [0.29, 0.717) is 17.9 Å². The van der Waals surface area contributed by atoms with Crippen LogP contribution in [0.2, 0.25) is 0 Å². The van der Waals surface area contributed by atoms with E-state index in [1.54, 1.807) is 0 Å². The van der Waals surface area contributed by atoms with E-state index >= 15 is 0 Å². The third-order valence-electron chi connectivity index (χ3n) is 4.64. The van der Waals surface area contributed by atoms with Gasteiger partial charge in [0, 0.05) is 32.8 Å². The summed E-state index contributed by atoms with van der Waals surface area (Å²) in [6.07, 6.45) is 2.44. The molecule has 3 nitrogen and oxygen atoms in total. The number of nitrogens with one attached hydrogen (secondary N) is 1. The first-order valence-electron chi connectivity index (χ1n) is 7.38. The number of piperidine rings is 1. The topological polar surface area (TPSA) is 35.5 Å². The summed E-state index contributed by atoms with van der Waals surface area (Å²) < 4.78 is 0. The van der Waals surface area contributed by atoms with Gasteiger partial charge in [-0.2, -0.15) is 0 Å². The molecule has 2 heterocycles. The van der Waals surface area contributed by atoms with E-state index in [2.05, 4.69) is 40.5 Å². The van der Waals surface area contributed by atoms with Crippen molar-refractivity contribution in [1.82, 2.24) is 10.2 Å². The molecule has 2 aliphatic rings. The lowest BCUT2D eigenvalue weighted by atomic mass is 9.75. The molecule has 0 saturated carbocycles. The largest absolute Gasteiger partial charge is 0.396 e. The molecule has 0 bridgehead atoms. The highest BCUT2D eigenvalue weighted by molar-refractivity contribution is 5.15. The molecule has 1 aromatic rings. The number of hydrogen-bond acceptors (Lipinski definition) is 3. The number of nitrogens with zero attached hydrogens (tertiary/aromatic N) is 1. The fraction of sp³-hybridized carbons (Fsp3) is 0.625. The van der Waals surface area contributed by atoms with Crippen LogP contribution in [0, 0.1) is 11.3 Å². The Hall–Kier alpha value is -0.900. The van der Waals surface area contributed by atoms with Gasteiger partial charge in [-0.25, -0.2) is 0 Å². The van der Waals surface area contributed by atoms with Crippen LogP contribution in [0.3, 0.4) is 0 Å². The maximum atomic E-state index is 9.57. The maximum Gasteiger partial charge on any atom is 0.0471 e. The molecule has 0 aromatic heterocycles. The molecular formula is C16H24N2O. The van der Waals surface area contributed by atoms with E-state index in [4.69, 9.17) is 0 Å². The number of rotatable bonds is 3. The average molecular weight is 260 g/mol. The van der Waals surface area contributed by atoms with Gasteiger partial charge in [0.25, 0.3) is 0 Å². The van der Waals surface area contributed by atoms with Crippen LogP contribution in [-0.4, -0.2) is 42.8 Å². The van der Waals surface area contributed by atoms with Crippen molar-refractivity contribution in [3.63, 3.8) is 0 Å². The van der Waals surface area contributed by atoms with Crippen molar-refractivity contribution >= 4 is 0 Å². The highest BCUT2D eigenvalue weighted by atomic mass is 16.3.